The van der Waals surface area contributed by atoms with Gasteiger partial charge in [-0.2, -0.15) is 0 Å². The molecule has 0 unspecified atom stereocenters. The molecule has 4 nitrogen and oxygen atoms in total. The van der Waals surface area contributed by atoms with E-state index in [1.807, 2.05) is 6.20 Å². The molecule has 2 aliphatic heterocycles. The largest absolute Gasteiger partial charge is 0.300 e. The number of Topliss-reactive ketones (excluding diaryl/α,β-unsaturated/α-hetero) is 1. The maximum atomic E-state index is 12.5. The molecule has 3 heterocycles. The van der Waals surface area contributed by atoms with E-state index < -0.39 is 0 Å². The van der Waals surface area contributed by atoms with E-state index >= 15 is 0 Å². The summed E-state index contributed by atoms with van der Waals surface area (Å²) in [6.07, 6.45) is 3.21. The summed E-state index contributed by atoms with van der Waals surface area (Å²) in [6.45, 7) is 8.21. The third kappa shape index (κ3) is 3.44. The number of carbonyl (C=O) groups is 1. The molecule has 1 aromatic carbocycles. The fourth-order valence-electron chi connectivity index (χ4n) is 4.50. The van der Waals surface area contributed by atoms with Crippen molar-refractivity contribution in [1.29, 1.82) is 0 Å². The molecule has 2 aliphatic rings. The van der Waals surface area contributed by atoms with Crippen LogP contribution in [-0.2, 0) is 11.3 Å². The number of hydrogen-bond acceptors (Lipinski definition) is 4. The average Bonchev–Trinajstić information content (AvgIpc) is 2.64. The lowest BCUT2D eigenvalue weighted by atomic mass is 9.86. The summed E-state index contributed by atoms with van der Waals surface area (Å²) in [5.74, 6) is 0.395. The van der Waals surface area contributed by atoms with Gasteiger partial charge in [-0.3, -0.25) is 19.6 Å². The molecule has 2 fully saturated rings. The summed E-state index contributed by atoms with van der Waals surface area (Å²) in [4.78, 5) is 22.0. The van der Waals surface area contributed by atoms with Crippen molar-refractivity contribution in [2.45, 2.75) is 45.3 Å². The minimum Gasteiger partial charge on any atom is -0.300 e. The lowest BCUT2D eigenvalue weighted by Gasteiger charge is -2.48. The van der Waals surface area contributed by atoms with Crippen LogP contribution in [0.1, 0.15) is 41.3 Å². The van der Waals surface area contributed by atoms with Crippen LogP contribution in [0.3, 0.4) is 0 Å². The van der Waals surface area contributed by atoms with E-state index in [-0.39, 0.29) is 6.04 Å². The van der Waals surface area contributed by atoms with E-state index in [9.17, 15) is 4.79 Å². The van der Waals surface area contributed by atoms with Crippen molar-refractivity contribution >= 4 is 5.78 Å². The Hall–Kier alpha value is -2.04. The maximum absolute atomic E-state index is 12.5. The van der Waals surface area contributed by atoms with Crippen LogP contribution in [0, 0.1) is 13.8 Å². The first kappa shape index (κ1) is 17.4. The Balaban J connectivity index is 1.53. The van der Waals surface area contributed by atoms with E-state index in [1.54, 1.807) is 0 Å². The summed E-state index contributed by atoms with van der Waals surface area (Å²) < 4.78 is 0. The summed E-state index contributed by atoms with van der Waals surface area (Å²) in [7, 11) is 0. The van der Waals surface area contributed by atoms with Crippen molar-refractivity contribution < 1.29 is 4.79 Å². The van der Waals surface area contributed by atoms with Gasteiger partial charge in [-0.05, 0) is 36.6 Å². The van der Waals surface area contributed by atoms with Gasteiger partial charge in [-0.15, -0.1) is 0 Å². The normalized spacial score (nSPS) is 24.5. The number of fused-ring (bicyclic) bond motifs is 1. The van der Waals surface area contributed by atoms with Crippen molar-refractivity contribution in [3.63, 3.8) is 0 Å². The van der Waals surface area contributed by atoms with Crippen LogP contribution >= 0.6 is 0 Å². The quantitative estimate of drug-likeness (QED) is 0.852. The third-order valence-corrected chi connectivity index (χ3v) is 6.00. The van der Waals surface area contributed by atoms with Crippen LogP contribution in [-0.4, -0.2) is 46.2 Å². The van der Waals surface area contributed by atoms with Crippen LogP contribution in [0.2, 0.25) is 0 Å². The highest BCUT2D eigenvalue weighted by Gasteiger charge is 2.39. The molecule has 26 heavy (non-hydrogen) atoms. The molecular formula is C22H27N3O. The Kier molecular flexibility index (Phi) is 4.88. The first-order chi connectivity index (χ1) is 12.6. The highest BCUT2D eigenvalue weighted by molar-refractivity contribution is 5.81. The van der Waals surface area contributed by atoms with Crippen LogP contribution < -0.4 is 0 Å². The zero-order valence-electron chi connectivity index (χ0n) is 15.7. The fraction of sp³-hybridized carbons (Fsp3) is 0.455. The number of ketones is 1. The Labute approximate surface area is 155 Å². The standard InChI is InChI=1S/C22H27N3O/c1-16-17(2)23-9-8-21(16)22-13-20(26)12-19-15-24(10-11-25(19)22)14-18-6-4-3-5-7-18/h3-9,19,22H,10-15H2,1-2H3/t19-,22+/m0/s1. The highest BCUT2D eigenvalue weighted by Crippen LogP contribution is 2.36. The molecule has 0 aliphatic carbocycles. The first-order valence-electron chi connectivity index (χ1n) is 9.57. The number of benzene rings is 1. The molecule has 2 saturated heterocycles. The van der Waals surface area contributed by atoms with Gasteiger partial charge >= 0.3 is 0 Å². The van der Waals surface area contributed by atoms with E-state index in [2.05, 4.69) is 65.0 Å². The number of aryl methyl sites for hydroxylation is 1. The van der Waals surface area contributed by atoms with E-state index in [1.165, 1.54) is 16.7 Å². The van der Waals surface area contributed by atoms with Crippen LogP contribution in [0.15, 0.2) is 42.6 Å². The lowest BCUT2D eigenvalue weighted by molar-refractivity contribution is -0.127. The van der Waals surface area contributed by atoms with Gasteiger partial charge in [0, 0.05) is 63.0 Å². The second-order valence-electron chi connectivity index (χ2n) is 7.69. The van der Waals surface area contributed by atoms with Gasteiger partial charge in [0.2, 0.25) is 0 Å². The molecule has 4 rings (SSSR count). The smallest absolute Gasteiger partial charge is 0.136 e. The number of aromatic nitrogens is 1. The summed E-state index contributed by atoms with van der Waals surface area (Å²) in [5, 5.41) is 0. The third-order valence-electron chi connectivity index (χ3n) is 6.00. The molecular weight excluding hydrogens is 322 g/mol. The molecule has 0 saturated carbocycles. The molecule has 2 aromatic rings. The Morgan fingerprint density at radius 1 is 1.08 bits per heavy atom. The summed E-state index contributed by atoms with van der Waals surface area (Å²) in [6, 6.07) is 13.3. The molecule has 2 atom stereocenters. The van der Waals surface area contributed by atoms with Gasteiger partial charge in [0.15, 0.2) is 0 Å². The Bertz CT molecular complexity index is 789. The number of rotatable bonds is 3. The van der Waals surface area contributed by atoms with Crippen LogP contribution in [0.25, 0.3) is 0 Å². The number of pyridine rings is 1. The van der Waals surface area contributed by atoms with Gasteiger partial charge in [0.05, 0.1) is 0 Å². The predicted octanol–water partition coefficient (Wildman–Crippen LogP) is 3.29. The number of piperazine rings is 1. The van der Waals surface area contributed by atoms with Crippen molar-refractivity contribution in [2.75, 3.05) is 19.6 Å². The Morgan fingerprint density at radius 2 is 1.88 bits per heavy atom. The number of nitrogens with zero attached hydrogens (tertiary/aromatic N) is 3. The van der Waals surface area contributed by atoms with E-state index in [0.29, 0.717) is 24.7 Å². The highest BCUT2D eigenvalue weighted by atomic mass is 16.1. The predicted molar refractivity (Wildman–Crippen MR) is 103 cm³/mol. The van der Waals surface area contributed by atoms with Gasteiger partial charge in [-0.1, -0.05) is 30.3 Å². The van der Waals surface area contributed by atoms with Crippen molar-refractivity contribution in [3.05, 3.63) is 65.0 Å². The molecule has 0 radical (unpaired) electrons. The fourth-order valence-corrected chi connectivity index (χ4v) is 4.50. The minimum absolute atomic E-state index is 0.210. The summed E-state index contributed by atoms with van der Waals surface area (Å²) >= 11 is 0. The molecule has 0 spiro atoms. The molecule has 0 N–H and O–H groups in total. The molecule has 136 valence electrons. The van der Waals surface area contributed by atoms with Crippen molar-refractivity contribution in [1.82, 2.24) is 14.8 Å². The van der Waals surface area contributed by atoms with E-state index in [0.717, 1.165) is 31.9 Å². The minimum atomic E-state index is 0.210. The van der Waals surface area contributed by atoms with Gasteiger partial charge in [-0.25, -0.2) is 0 Å². The van der Waals surface area contributed by atoms with Gasteiger partial charge in [0.1, 0.15) is 5.78 Å². The van der Waals surface area contributed by atoms with E-state index in [4.69, 9.17) is 0 Å². The monoisotopic (exact) mass is 349 g/mol. The van der Waals surface area contributed by atoms with Crippen LogP contribution in [0.4, 0.5) is 0 Å². The van der Waals surface area contributed by atoms with Gasteiger partial charge in [0.25, 0.3) is 0 Å². The first-order valence-corrected chi connectivity index (χ1v) is 9.57. The zero-order chi connectivity index (χ0) is 18.1. The molecule has 1 aromatic heterocycles. The molecule has 4 heteroatoms. The summed E-state index contributed by atoms with van der Waals surface area (Å²) in [5.41, 5.74) is 4.93. The van der Waals surface area contributed by atoms with Crippen LogP contribution in [0.5, 0.6) is 0 Å². The molecule has 0 amide bonds. The average molecular weight is 349 g/mol. The van der Waals surface area contributed by atoms with Crippen molar-refractivity contribution in [2.24, 2.45) is 0 Å². The number of carbonyl (C=O) groups excluding carboxylic acids is 1. The lowest BCUT2D eigenvalue weighted by Crippen LogP contribution is -2.57. The van der Waals surface area contributed by atoms with Crippen molar-refractivity contribution in [3.8, 4) is 0 Å². The topological polar surface area (TPSA) is 36.4 Å². The zero-order valence-corrected chi connectivity index (χ0v) is 15.7. The Morgan fingerprint density at radius 3 is 2.69 bits per heavy atom. The second kappa shape index (κ2) is 7.29. The number of piperidine rings is 1. The van der Waals surface area contributed by atoms with Gasteiger partial charge < -0.3 is 0 Å². The SMILES string of the molecule is Cc1nccc([C@H]2CC(=O)C[C@H]3CN(Cc4ccccc4)CCN32)c1C. The second-order valence-corrected chi connectivity index (χ2v) is 7.69. The number of hydrogen-bond donors (Lipinski definition) is 0. The maximum Gasteiger partial charge on any atom is 0.136 e. The molecule has 0 bridgehead atoms.